The van der Waals surface area contributed by atoms with Crippen molar-refractivity contribution >= 4 is 19.8 Å². The molecule has 2 atom stereocenters. The van der Waals surface area contributed by atoms with Gasteiger partial charge in [-0.1, -0.05) is 254 Å². The van der Waals surface area contributed by atoms with E-state index >= 15 is 0 Å². The highest BCUT2D eigenvalue weighted by Crippen LogP contribution is 2.43. The molecule has 0 aromatic heterocycles. The number of carbonyl (C=O) groups excluding carboxylic acids is 2. The Morgan fingerprint density at radius 2 is 0.643 bits per heavy atom. The predicted octanol–water partition coefficient (Wildman–Crippen LogP) is 21.1. The van der Waals surface area contributed by atoms with Gasteiger partial charge in [0.2, 0.25) is 0 Å². The highest BCUT2D eigenvalue weighted by molar-refractivity contribution is 7.47. The molecular formula is C74H119NO8P+. The van der Waals surface area contributed by atoms with Gasteiger partial charge in [0.05, 0.1) is 27.7 Å². The molecule has 0 aliphatic rings. The maximum atomic E-state index is 12.8. The molecule has 0 spiro atoms. The maximum absolute atomic E-state index is 12.8. The van der Waals surface area contributed by atoms with E-state index in [0.29, 0.717) is 17.4 Å². The lowest BCUT2D eigenvalue weighted by Crippen LogP contribution is -2.37. The number of quaternary nitrogens is 1. The molecule has 472 valence electrons. The van der Waals surface area contributed by atoms with Crippen LogP contribution in [0.1, 0.15) is 219 Å². The van der Waals surface area contributed by atoms with Crippen molar-refractivity contribution in [1.29, 1.82) is 0 Å². The molecule has 0 aromatic rings. The van der Waals surface area contributed by atoms with E-state index < -0.39 is 32.5 Å². The van der Waals surface area contributed by atoms with Crippen molar-refractivity contribution in [2.45, 2.75) is 225 Å². The number of phosphoric ester groups is 1. The second-order valence-corrected chi connectivity index (χ2v) is 23.5. The summed E-state index contributed by atoms with van der Waals surface area (Å²) in [7, 11) is 1.42. The Balaban J connectivity index is 4.24. The highest BCUT2D eigenvalue weighted by Gasteiger charge is 2.27. The number of allylic oxidation sites excluding steroid dienone is 30. The second-order valence-electron chi connectivity index (χ2n) is 22.0. The van der Waals surface area contributed by atoms with Gasteiger partial charge in [0, 0.05) is 12.8 Å². The molecule has 0 aromatic carbocycles. The average molecular weight is 1180 g/mol. The number of hydrogen-bond acceptors (Lipinski definition) is 7. The highest BCUT2D eigenvalue weighted by atomic mass is 31.2. The fourth-order valence-electron chi connectivity index (χ4n) is 8.01. The number of nitrogens with zero attached hydrogens (tertiary/aromatic N) is 1. The molecular weight excluding hydrogens is 1060 g/mol. The molecule has 2 unspecified atom stereocenters. The molecule has 10 heteroatoms. The number of esters is 2. The van der Waals surface area contributed by atoms with Crippen molar-refractivity contribution in [1.82, 2.24) is 0 Å². The first-order valence-electron chi connectivity index (χ1n) is 32.5. The van der Waals surface area contributed by atoms with E-state index in [0.717, 1.165) is 141 Å². The Kier molecular flexibility index (Phi) is 59.0. The standard InChI is InChI=1S/C74H118NO8P/c1-6-8-10-12-14-16-18-20-22-24-26-28-30-32-34-35-36-37-38-39-41-42-44-46-48-50-52-54-56-58-60-62-64-66-73(76)80-70-72(71-82-84(78,79)81-69-68-75(3,4)5)83-74(77)67-65-63-61-59-57-55-53-51-49-47-45-43-40-33-31-29-27-25-23-21-19-17-15-13-11-9-7-2/h8-11,14-17,20-23,26-29,32-34,36-37,39-41,45,47,51,53,57,59,72H,6-7,12-13,18-19,24-25,30-31,35,38,42-44,46,48-50,52,54-56,58,60-71H2,1-5H3/p+1/b10-8-,11-9-,16-14-,17-15-,22-20-,23-21-,28-26-,29-27-,34-32-,37-36-,40-33-,41-39-,47-45-,53-51-,59-57-. The molecule has 0 amide bonds. The summed E-state index contributed by atoms with van der Waals surface area (Å²) in [4.78, 5) is 35.8. The average Bonchev–Trinajstić information content (AvgIpc) is 3.61. The Labute approximate surface area is 514 Å². The first-order chi connectivity index (χ1) is 41.0. The predicted molar refractivity (Wildman–Crippen MR) is 362 cm³/mol. The van der Waals surface area contributed by atoms with E-state index in [1.165, 1.54) is 44.9 Å². The van der Waals surface area contributed by atoms with Gasteiger partial charge < -0.3 is 18.9 Å². The molecule has 0 aliphatic heterocycles. The normalized spacial score (nSPS) is 14.4. The zero-order valence-electron chi connectivity index (χ0n) is 53.6. The van der Waals surface area contributed by atoms with Gasteiger partial charge in [-0.05, 0) is 135 Å². The SMILES string of the molecule is CC/C=C\C/C=C\C/C=C\C/C=C\C/C=C\C/C=C\C/C=C\C/C=C\CCCCC(=O)OC(COC(=O)CCCCCCCCCCCCC/C=C\C/C=C\C/C=C\C/C=C\C/C=C\C/C=C\C/C=C\CC)COP(=O)(O)OCC[N+](C)(C)C. The summed E-state index contributed by atoms with van der Waals surface area (Å²) in [6, 6.07) is 0. The molecule has 1 N–H and O–H groups in total. The number of rotatable bonds is 57. The molecule has 0 aliphatic carbocycles. The Bertz CT molecular complexity index is 2070. The van der Waals surface area contributed by atoms with Crippen LogP contribution >= 0.6 is 7.82 Å². The number of likely N-dealkylation sites (N-methyl/N-ethyl adjacent to an activating group) is 1. The van der Waals surface area contributed by atoms with E-state index in [4.69, 9.17) is 18.5 Å². The second kappa shape index (κ2) is 62.6. The Hall–Kier alpha value is -4.89. The lowest BCUT2D eigenvalue weighted by atomic mass is 10.0. The first kappa shape index (κ1) is 79.1. The summed E-state index contributed by atoms with van der Waals surface area (Å²) < 4.78 is 34.6. The zero-order chi connectivity index (χ0) is 61.2. The summed E-state index contributed by atoms with van der Waals surface area (Å²) >= 11 is 0. The van der Waals surface area contributed by atoms with Crippen LogP contribution < -0.4 is 0 Å². The largest absolute Gasteiger partial charge is 0.472 e. The van der Waals surface area contributed by atoms with E-state index in [2.05, 4.69) is 196 Å². The quantitative estimate of drug-likeness (QED) is 0.0211. The van der Waals surface area contributed by atoms with E-state index in [1.54, 1.807) is 0 Å². The molecule has 0 bridgehead atoms. The number of phosphoric acid groups is 1. The Morgan fingerprint density at radius 3 is 0.976 bits per heavy atom. The van der Waals surface area contributed by atoms with Gasteiger partial charge in [-0.2, -0.15) is 0 Å². The smallest absolute Gasteiger partial charge is 0.462 e. The maximum Gasteiger partial charge on any atom is 0.472 e. The van der Waals surface area contributed by atoms with Crippen LogP contribution in [0.5, 0.6) is 0 Å². The van der Waals surface area contributed by atoms with Crippen LogP contribution in [0.25, 0.3) is 0 Å². The van der Waals surface area contributed by atoms with Crippen LogP contribution in [-0.2, 0) is 32.7 Å². The van der Waals surface area contributed by atoms with Gasteiger partial charge in [0.1, 0.15) is 19.8 Å². The van der Waals surface area contributed by atoms with Crippen LogP contribution in [-0.4, -0.2) is 74.9 Å². The van der Waals surface area contributed by atoms with Crippen LogP contribution in [0.3, 0.4) is 0 Å². The fourth-order valence-corrected chi connectivity index (χ4v) is 8.75. The van der Waals surface area contributed by atoms with Crippen molar-refractivity contribution < 1.29 is 42.1 Å². The zero-order valence-corrected chi connectivity index (χ0v) is 54.4. The molecule has 0 rings (SSSR count). The number of hydrogen-bond donors (Lipinski definition) is 1. The topological polar surface area (TPSA) is 108 Å². The van der Waals surface area contributed by atoms with E-state index in [9.17, 15) is 19.0 Å². The molecule has 0 radical (unpaired) electrons. The van der Waals surface area contributed by atoms with E-state index in [1.807, 2.05) is 21.1 Å². The monoisotopic (exact) mass is 1180 g/mol. The molecule has 84 heavy (non-hydrogen) atoms. The molecule has 0 saturated heterocycles. The van der Waals surface area contributed by atoms with Crippen molar-refractivity contribution in [3.8, 4) is 0 Å². The van der Waals surface area contributed by atoms with E-state index in [-0.39, 0.29) is 26.1 Å². The van der Waals surface area contributed by atoms with Crippen molar-refractivity contribution in [2.75, 3.05) is 47.5 Å². The minimum atomic E-state index is -4.42. The molecule has 9 nitrogen and oxygen atoms in total. The van der Waals surface area contributed by atoms with Gasteiger partial charge >= 0.3 is 19.8 Å². The third kappa shape index (κ3) is 66.3. The molecule has 0 saturated carbocycles. The summed E-state index contributed by atoms with van der Waals surface area (Å²) in [6.07, 6.45) is 96.9. The van der Waals surface area contributed by atoms with Crippen molar-refractivity contribution in [3.05, 3.63) is 182 Å². The Morgan fingerprint density at radius 1 is 0.369 bits per heavy atom. The van der Waals surface area contributed by atoms with Crippen LogP contribution in [0.15, 0.2) is 182 Å². The lowest BCUT2D eigenvalue weighted by molar-refractivity contribution is -0.870. The molecule has 0 fully saturated rings. The van der Waals surface area contributed by atoms with Crippen LogP contribution in [0, 0.1) is 0 Å². The summed E-state index contributed by atoms with van der Waals surface area (Å²) in [6.45, 7) is 4.12. The number of ether oxygens (including phenoxy) is 2. The molecule has 0 heterocycles. The minimum Gasteiger partial charge on any atom is -0.462 e. The van der Waals surface area contributed by atoms with Gasteiger partial charge in [0.25, 0.3) is 0 Å². The lowest BCUT2D eigenvalue weighted by Gasteiger charge is -2.24. The van der Waals surface area contributed by atoms with Crippen LogP contribution in [0.4, 0.5) is 0 Å². The van der Waals surface area contributed by atoms with Crippen molar-refractivity contribution in [3.63, 3.8) is 0 Å². The first-order valence-corrected chi connectivity index (χ1v) is 34.0. The van der Waals surface area contributed by atoms with Gasteiger partial charge in [-0.25, -0.2) is 4.57 Å². The third-order valence-electron chi connectivity index (χ3n) is 12.9. The van der Waals surface area contributed by atoms with Gasteiger partial charge in [-0.3, -0.25) is 18.6 Å². The minimum absolute atomic E-state index is 0.0120. The fraction of sp³-hybridized carbons (Fsp3) is 0.568. The van der Waals surface area contributed by atoms with Gasteiger partial charge in [0.15, 0.2) is 6.10 Å². The van der Waals surface area contributed by atoms with Gasteiger partial charge in [-0.15, -0.1) is 0 Å². The summed E-state index contributed by atoms with van der Waals surface area (Å²) in [5, 5.41) is 0. The third-order valence-corrected chi connectivity index (χ3v) is 13.9. The number of carbonyl (C=O) groups is 2. The van der Waals surface area contributed by atoms with Crippen molar-refractivity contribution in [2.24, 2.45) is 0 Å². The summed E-state index contributed by atoms with van der Waals surface area (Å²) in [5.74, 6) is -0.866. The summed E-state index contributed by atoms with van der Waals surface area (Å²) in [5.41, 5.74) is 0. The van der Waals surface area contributed by atoms with Crippen LogP contribution in [0.2, 0.25) is 0 Å². The number of unbranched alkanes of at least 4 members (excludes halogenated alkanes) is 13.